The number of imide groups is 1. The standard InChI is InChI=1S/C26H28N4O6/c1-34-20-11-14(12-21(35-2)24(20)36-3)30-25(32)19(29-26(30)33)13-22(31)27-18-10-6-8-16-15-7-4-5-9-17(15)28-23(16)18/h4-5,7,9,11-12,18-19,28H,6,8,10,13H2,1-3H3,(H,27,31)(H,29,33)/t18-,19+/m0/s1. The number of urea groups is 1. The Bertz CT molecular complexity index is 1320. The van der Waals surface area contributed by atoms with E-state index in [0.717, 1.165) is 35.4 Å². The molecule has 1 aliphatic carbocycles. The van der Waals surface area contributed by atoms with Crippen molar-refractivity contribution in [1.82, 2.24) is 15.6 Å². The van der Waals surface area contributed by atoms with Gasteiger partial charge in [-0.2, -0.15) is 0 Å². The molecule has 36 heavy (non-hydrogen) atoms. The minimum atomic E-state index is -0.984. The van der Waals surface area contributed by atoms with Crippen molar-refractivity contribution in [2.75, 3.05) is 26.2 Å². The number of fused-ring (bicyclic) bond motifs is 3. The summed E-state index contributed by atoms with van der Waals surface area (Å²) >= 11 is 0. The van der Waals surface area contributed by atoms with Gasteiger partial charge in [-0.15, -0.1) is 0 Å². The van der Waals surface area contributed by atoms with Crippen molar-refractivity contribution in [2.45, 2.75) is 37.8 Å². The van der Waals surface area contributed by atoms with Crippen LogP contribution in [-0.4, -0.2) is 50.2 Å². The zero-order chi connectivity index (χ0) is 25.4. The highest BCUT2D eigenvalue weighted by Crippen LogP contribution is 2.42. The van der Waals surface area contributed by atoms with E-state index in [1.807, 2.05) is 18.2 Å². The Hall–Kier alpha value is -4.21. The number of aromatic amines is 1. The third-order valence-corrected chi connectivity index (χ3v) is 6.77. The summed E-state index contributed by atoms with van der Waals surface area (Å²) in [5.41, 5.74) is 3.53. The number of nitrogens with one attached hydrogen (secondary N) is 3. The van der Waals surface area contributed by atoms with Crippen LogP contribution in [0.1, 0.15) is 36.6 Å². The zero-order valence-electron chi connectivity index (χ0n) is 20.3. The molecule has 0 unspecified atom stereocenters. The van der Waals surface area contributed by atoms with Crippen molar-refractivity contribution in [1.29, 1.82) is 0 Å². The van der Waals surface area contributed by atoms with Gasteiger partial charge in [-0.1, -0.05) is 18.2 Å². The Labute approximate surface area is 207 Å². The predicted octanol–water partition coefficient (Wildman–Crippen LogP) is 3.20. The molecule has 10 nitrogen and oxygen atoms in total. The molecule has 1 aromatic heterocycles. The average molecular weight is 493 g/mol. The number of anilines is 1. The number of H-pyrrole nitrogens is 1. The van der Waals surface area contributed by atoms with Crippen LogP contribution < -0.4 is 29.7 Å². The van der Waals surface area contributed by atoms with E-state index in [9.17, 15) is 14.4 Å². The maximum Gasteiger partial charge on any atom is 0.329 e. The highest BCUT2D eigenvalue weighted by atomic mass is 16.5. The lowest BCUT2D eigenvalue weighted by Gasteiger charge is -2.24. The normalized spacial score (nSPS) is 19.1. The number of rotatable bonds is 7. The second-order valence-electron chi connectivity index (χ2n) is 8.84. The molecule has 10 heteroatoms. The molecule has 2 aliphatic rings. The Balaban J connectivity index is 1.32. The molecule has 4 amide bonds. The molecular formula is C26H28N4O6. The van der Waals surface area contributed by atoms with Gasteiger partial charge in [0.15, 0.2) is 11.5 Å². The molecule has 1 saturated heterocycles. The van der Waals surface area contributed by atoms with Crippen molar-refractivity contribution in [3.05, 3.63) is 47.7 Å². The molecule has 2 atom stereocenters. The predicted molar refractivity (Wildman–Crippen MR) is 133 cm³/mol. The van der Waals surface area contributed by atoms with Crippen LogP contribution in [0.25, 0.3) is 10.9 Å². The number of amides is 4. The first kappa shape index (κ1) is 23.5. The lowest BCUT2D eigenvalue weighted by Crippen LogP contribution is -2.38. The number of ether oxygens (including phenoxy) is 3. The van der Waals surface area contributed by atoms with E-state index >= 15 is 0 Å². The minimum absolute atomic E-state index is 0.169. The van der Waals surface area contributed by atoms with Crippen molar-refractivity contribution < 1.29 is 28.6 Å². The van der Waals surface area contributed by atoms with Gasteiger partial charge in [-0.05, 0) is 30.9 Å². The topological polar surface area (TPSA) is 122 Å². The first-order valence-electron chi connectivity index (χ1n) is 11.8. The third-order valence-electron chi connectivity index (χ3n) is 6.77. The minimum Gasteiger partial charge on any atom is -0.493 e. The van der Waals surface area contributed by atoms with E-state index in [1.165, 1.54) is 44.4 Å². The molecule has 3 aromatic rings. The zero-order valence-corrected chi connectivity index (χ0v) is 20.3. The lowest BCUT2D eigenvalue weighted by molar-refractivity contribution is -0.126. The number of aromatic nitrogens is 1. The Morgan fingerprint density at radius 2 is 1.81 bits per heavy atom. The molecule has 5 rings (SSSR count). The van der Waals surface area contributed by atoms with Crippen LogP contribution in [0.5, 0.6) is 17.2 Å². The summed E-state index contributed by atoms with van der Waals surface area (Å²) in [6, 6.07) is 9.34. The number of hydrogen-bond donors (Lipinski definition) is 3. The largest absolute Gasteiger partial charge is 0.493 e. The van der Waals surface area contributed by atoms with Crippen LogP contribution in [0.15, 0.2) is 36.4 Å². The van der Waals surface area contributed by atoms with Gasteiger partial charge < -0.3 is 29.8 Å². The van der Waals surface area contributed by atoms with E-state index in [-0.39, 0.29) is 24.1 Å². The number of nitrogens with zero attached hydrogens (tertiary/aromatic N) is 1. The highest BCUT2D eigenvalue weighted by Gasteiger charge is 2.41. The monoisotopic (exact) mass is 492 g/mol. The highest BCUT2D eigenvalue weighted by molar-refractivity contribution is 6.22. The summed E-state index contributed by atoms with van der Waals surface area (Å²) in [5, 5.41) is 6.85. The molecule has 1 aliphatic heterocycles. The van der Waals surface area contributed by atoms with Crippen molar-refractivity contribution in [2.24, 2.45) is 0 Å². The van der Waals surface area contributed by atoms with Gasteiger partial charge in [0.2, 0.25) is 11.7 Å². The van der Waals surface area contributed by atoms with Crippen LogP contribution in [0.2, 0.25) is 0 Å². The third kappa shape index (κ3) is 3.98. The van der Waals surface area contributed by atoms with E-state index in [4.69, 9.17) is 14.2 Å². The van der Waals surface area contributed by atoms with Gasteiger partial charge in [0.25, 0.3) is 5.91 Å². The van der Waals surface area contributed by atoms with Crippen LogP contribution in [-0.2, 0) is 16.0 Å². The molecule has 0 radical (unpaired) electrons. The molecule has 3 N–H and O–H groups in total. The van der Waals surface area contributed by atoms with E-state index in [0.29, 0.717) is 17.2 Å². The smallest absolute Gasteiger partial charge is 0.329 e. The number of para-hydroxylation sites is 1. The Morgan fingerprint density at radius 3 is 2.50 bits per heavy atom. The fourth-order valence-electron chi connectivity index (χ4n) is 5.11. The Kier molecular flexibility index (Phi) is 6.17. The van der Waals surface area contributed by atoms with E-state index in [2.05, 4.69) is 21.7 Å². The van der Waals surface area contributed by atoms with Gasteiger partial charge in [0, 0.05) is 28.7 Å². The van der Waals surface area contributed by atoms with Crippen LogP contribution in [0.3, 0.4) is 0 Å². The second-order valence-corrected chi connectivity index (χ2v) is 8.84. The summed E-state index contributed by atoms with van der Waals surface area (Å²) in [7, 11) is 4.36. The summed E-state index contributed by atoms with van der Waals surface area (Å²) < 4.78 is 16.0. The number of carbonyl (C=O) groups is 3. The van der Waals surface area contributed by atoms with Gasteiger partial charge >= 0.3 is 6.03 Å². The van der Waals surface area contributed by atoms with Gasteiger partial charge in [-0.25, -0.2) is 9.69 Å². The van der Waals surface area contributed by atoms with E-state index in [1.54, 1.807) is 0 Å². The van der Waals surface area contributed by atoms with Crippen LogP contribution in [0, 0.1) is 0 Å². The average Bonchev–Trinajstić information content (AvgIpc) is 3.40. The summed E-state index contributed by atoms with van der Waals surface area (Å²) in [6.45, 7) is 0. The lowest BCUT2D eigenvalue weighted by atomic mass is 9.91. The number of benzene rings is 2. The second kappa shape index (κ2) is 9.44. The van der Waals surface area contributed by atoms with Crippen molar-refractivity contribution in [3.63, 3.8) is 0 Å². The molecule has 0 bridgehead atoms. The quantitative estimate of drug-likeness (QED) is 0.436. The molecule has 188 valence electrons. The molecule has 1 fully saturated rings. The van der Waals surface area contributed by atoms with Gasteiger partial charge in [0.05, 0.1) is 39.5 Å². The van der Waals surface area contributed by atoms with Crippen LogP contribution in [0.4, 0.5) is 10.5 Å². The first-order valence-corrected chi connectivity index (χ1v) is 11.8. The van der Waals surface area contributed by atoms with Gasteiger partial charge in [-0.3, -0.25) is 9.59 Å². The number of methoxy groups -OCH3 is 3. The number of aryl methyl sites for hydroxylation is 1. The Morgan fingerprint density at radius 1 is 1.08 bits per heavy atom. The van der Waals surface area contributed by atoms with Gasteiger partial charge in [0.1, 0.15) is 6.04 Å². The van der Waals surface area contributed by atoms with Crippen molar-refractivity contribution >= 4 is 34.4 Å². The molecule has 2 aromatic carbocycles. The maximum atomic E-state index is 13.2. The summed E-state index contributed by atoms with van der Waals surface area (Å²) in [4.78, 5) is 43.3. The molecule has 0 saturated carbocycles. The SMILES string of the molecule is COc1cc(N2C(=O)N[C@H](CC(=O)N[C@H]3CCCc4c3[nH]c3ccccc43)C2=O)cc(OC)c1OC. The maximum absolute atomic E-state index is 13.2. The number of carbonyl (C=O) groups excluding carboxylic acids is 3. The van der Waals surface area contributed by atoms with E-state index < -0.39 is 18.0 Å². The fourth-order valence-corrected chi connectivity index (χ4v) is 5.11. The van der Waals surface area contributed by atoms with Crippen molar-refractivity contribution in [3.8, 4) is 17.2 Å². The first-order chi connectivity index (χ1) is 17.4. The number of hydrogen-bond acceptors (Lipinski definition) is 6. The summed E-state index contributed by atoms with van der Waals surface area (Å²) in [5.74, 6) is 0.118. The fraction of sp³-hybridized carbons (Fsp3) is 0.346. The summed E-state index contributed by atoms with van der Waals surface area (Å²) in [6.07, 6.45) is 2.53. The molecule has 2 heterocycles. The molecule has 0 spiro atoms. The molecular weight excluding hydrogens is 464 g/mol. The van der Waals surface area contributed by atoms with Crippen LogP contribution >= 0.6 is 0 Å².